The highest BCUT2D eigenvalue weighted by Gasteiger charge is 2.35. The lowest BCUT2D eigenvalue weighted by Crippen LogP contribution is -2.15. The van der Waals surface area contributed by atoms with Crippen LogP contribution in [0.2, 0.25) is 0 Å². The van der Waals surface area contributed by atoms with Gasteiger partial charge < -0.3 is 9.47 Å². The number of halogens is 8. The van der Waals surface area contributed by atoms with Crippen LogP contribution in [0.1, 0.15) is 0 Å². The minimum Gasteiger partial charge on any atom is -0.485 e. The van der Waals surface area contributed by atoms with E-state index in [1.807, 2.05) is 0 Å². The Morgan fingerprint density at radius 2 is 0.862 bits per heavy atom. The Balaban J connectivity index is 2.08. The number of hydrogen-bond acceptors (Lipinski definition) is 5. The molecule has 152 valence electrons. The summed E-state index contributed by atoms with van der Waals surface area (Å²) in [5, 5.41) is 0. The molecule has 0 bridgehead atoms. The van der Waals surface area contributed by atoms with E-state index in [2.05, 4.69) is 9.97 Å². The molecule has 0 aliphatic carbocycles. The predicted octanol–water partition coefficient (Wildman–Crippen LogP) is 4.76. The van der Waals surface area contributed by atoms with Gasteiger partial charge in [0.15, 0.2) is 34.8 Å². The quantitative estimate of drug-likeness (QED) is 0.426. The van der Waals surface area contributed by atoms with Gasteiger partial charge in [-0.1, -0.05) is 0 Å². The Morgan fingerprint density at radius 3 is 1.17 bits per heavy atom. The molecule has 3 aromatic heterocycles. The number of ether oxygens (including phenoxy) is 2. The number of hydrogen-bond donors (Lipinski definition) is 0. The van der Waals surface area contributed by atoms with Crippen LogP contribution < -0.4 is 9.47 Å². The van der Waals surface area contributed by atoms with Crippen molar-refractivity contribution in [3.8, 4) is 32.4 Å². The fourth-order valence-corrected chi connectivity index (χ4v) is 3.91. The van der Waals surface area contributed by atoms with Crippen molar-refractivity contribution >= 4 is 11.3 Å². The summed E-state index contributed by atoms with van der Waals surface area (Å²) < 4.78 is 121. The largest absolute Gasteiger partial charge is 0.485 e. The maximum atomic E-state index is 14.2. The van der Waals surface area contributed by atoms with Gasteiger partial charge in [-0.3, -0.25) is 0 Å². The third-order valence-electron chi connectivity index (χ3n) is 3.85. The van der Waals surface area contributed by atoms with Crippen molar-refractivity contribution in [3.05, 3.63) is 47.1 Å². The van der Waals surface area contributed by atoms with Crippen molar-refractivity contribution < 1.29 is 44.6 Å². The second-order valence-electron chi connectivity index (χ2n) is 5.51. The van der Waals surface area contributed by atoms with Gasteiger partial charge in [-0.05, 0) is 0 Å². The third-order valence-corrected chi connectivity index (χ3v) is 5.04. The summed E-state index contributed by atoms with van der Waals surface area (Å²) in [5.74, 6) is -16.6. The van der Waals surface area contributed by atoms with E-state index < -0.39 is 79.4 Å². The van der Waals surface area contributed by atoms with Crippen LogP contribution in [0.5, 0.6) is 11.5 Å². The SMILES string of the molecule is Fc1nc(F)c(F)c(-c2sc(-c3c(F)c(F)nc(F)c3F)c3c2OCCO3)c1F. The summed E-state index contributed by atoms with van der Waals surface area (Å²) in [6.07, 6.45) is 0. The molecule has 4 heterocycles. The average Bonchev–Trinajstić information content (AvgIpc) is 3.05. The van der Waals surface area contributed by atoms with Crippen LogP contribution in [0.4, 0.5) is 35.1 Å². The molecule has 0 aromatic carbocycles. The predicted molar refractivity (Wildman–Crippen MR) is 81.4 cm³/mol. The van der Waals surface area contributed by atoms with Gasteiger partial charge in [-0.25, -0.2) is 17.6 Å². The van der Waals surface area contributed by atoms with Gasteiger partial charge in [0.25, 0.3) is 23.8 Å². The molecule has 4 nitrogen and oxygen atoms in total. The molecule has 3 aromatic rings. The number of rotatable bonds is 2. The number of aromatic nitrogens is 2. The average molecular weight is 440 g/mol. The second-order valence-corrected chi connectivity index (χ2v) is 6.53. The van der Waals surface area contributed by atoms with Crippen molar-refractivity contribution in [1.29, 1.82) is 0 Å². The van der Waals surface area contributed by atoms with Gasteiger partial charge in [0, 0.05) is 0 Å². The molecule has 29 heavy (non-hydrogen) atoms. The highest BCUT2D eigenvalue weighted by Crippen LogP contribution is 2.55. The number of fused-ring (bicyclic) bond motifs is 1. The van der Waals surface area contributed by atoms with Gasteiger partial charge in [-0.2, -0.15) is 27.5 Å². The maximum absolute atomic E-state index is 14.2. The minimum absolute atomic E-state index is 0.141. The molecule has 0 spiro atoms. The lowest BCUT2D eigenvalue weighted by Gasteiger charge is -2.18. The van der Waals surface area contributed by atoms with E-state index in [4.69, 9.17) is 9.47 Å². The summed E-state index contributed by atoms with van der Waals surface area (Å²) in [4.78, 5) is 3.49. The van der Waals surface area contributed by atoms with Gasteiger partial charge in [-0.15, -0.1) is 11.3 Å². The molecule has 0 fully saturated rings. The smallest absolute Gasteiger partial charge is 0.252 e. The number of thiophene rings is 1. The lowest BCUT2D eigenvalue weighted by atomic mass is 10.1. The summed E-state index contributed by atoms with van der Waals surface area (Å²) in [5.41, 5.74) is -2.58. The number of nitrogens with zero attached hydrogens (tertiary/aromatic N) is 2. The van der Waals surface area contributed by atoms with Crippen molar-refractivity contribution in [2.75, 3.05) is 13.2 Å². The minimum atomic E-state index is -1.99. The molecule has 1 aliphatic heterocycles. The van der Waals surface area contributed by atoms with E-state index >= 15 is 0 Å². The van der Waals surface area contributed by atoms with Gasteiger partial charge in [0.2, 0.25) is 0 Å². The normalized spacial score (nSPS) is 13.1. The Labute approximate surface area is 159 Å². The van der Waals surface area contributed by atoms with E-state index in [9.17, 15) is 35.1 Å². The zero-order valence-corrected chi connectivity index (χ0v) is 14.4. The molecule has 0 saturated carbocycles. The second kappa shape index (κ2) is 6.83. The monoisotopic (exact) mass is 440 g/mol. The van der Waals surface area contributed by atoms with E-state index in [0.717, 1.165) is 0 Å². The first-order chi connectivity index (χ1) is 13.7. The molecule has 0 unspecified atom stereocenters. The standard InChI is InChI=1S/C16H4F8N2O2S/c17-5-3(6(18)14(22)25-13(5)21)11-9-10(28-2-1-27-9)12(29-11)4-7(19)15(23)26-16(24)8(4)20/h1-2H2. The van der Waals surface area contributed by atoms with Gasteiger partial charge >= 0.3 is 0 Å². The molecule has 0 amide bonds. The van der Waals surface area contributed by atoms with E-state index in [1.165, 1.54) is 0 Å². The summed E-state index contributed by atoms with van der Waals surface area (Å²) in [6.45, 7) is -0.390. The molecule has 0 saturated heterocycles. The molecule has 1 aliphatic rings. The summed E-state index contributed by atoms with van der Waals surface area (Å²) in [7, 11) is 0. The fourth-order valence-electron chi connectivity index (χ4n) is 2.65. The Morgan fingerprint density at radius 1 is 0.552 bits per heavy atom. The highest BCUT2D eigenvalue weighted by molar-refractivity contribution is 7.19. The summed E-state index contributed by atoms with van der Waals surface area (Å²) >= 11 is 0.141. The Hall–Kier alpha value is -2.96. The van der Waals surface area contributed by atoms with Crippen LogP contribution in [0, 0.1) is 47.1 Å². The first-order valence-corrected chi connectivity index (χ1v) is 8.37. The van der Waals surface area contributed by atoms with Crippen LogP contribution in [-0.2, 0) is 0 Å². The Kier molecular flexibility index (Phi) is 4.56. The molecular weight excluding hydrogens is 436 g/mol. The topological polar surface area (TPSA) is 44.2 Å². The molecule has 4 rings (SSSR count). The van der Waals surface area contributed by atoms with Crippen LogP contribution >= 0.6 is 11.3 Å². The van der Waals surface area contributed by atoms with Gasteiger partial charge in [0.05, 0.1) is 20.9 Å². The molecule has 0 atom stereocenters. The van der Waals surface area contributed by atoms with Crippen molar-refractivity contribution in [2.24, 2.45) is 0 Å². The van der Waals surface area contributed by atoms with Crippen LogP contribution in [0.25, 0.3) is 20.9 Å². The molecule has 13 heteroatoms. The Bertz CT molecular complexity index is 1030. The van der Waals surface area contributed by atoms with Crippen LogP contribution in [0.15, 0.2) is 0 Å². The molecular formula is C16H4F8N2O2S. The highest BCUT2D eigenvalue weighted by atomic mass is 32.1. The first-order valence-electron chi connectivity index (χ1n) is 7.55. The third kappa shape index (κ3) is 2.87. The van der Waals surface area contributed by atoms with E-state index in [1.54, 1.807) is 0 Å². The number of pyridine rings is 2. The van der Waals surface area contributed by atoms with E-state index in [-0.39, 0.29) is 24.6 Å². The van der Waals surface area contributed by atoms with E-state index in [0.29, 0.717) is 0 Å². The maximum Gasteiger partial charge on any atom is 0.252 e. The van der Waals surface area contributed by atoms with Crippen molar-refractivity contribution in [3.63, 3.8) is 0 Å². The first kappa shape index (κ1) is 19.4. The zero-order valence-electron chi connectivity index (χ0n) is 13.6. The van der Waals surface area contributed by atoms with Crippen LogP contribution in [-0.4, -0.2) is 23.2 Å². The molecule has 0 N–H and O–H groups in total. The lowest BCUT2D eigenvalue weighted by molar-refractivity contribution is 0.174. The zero-order chi connectivity index (χ0) is 21.0. The van der Waals surface area contributed by atoms with Crippen molar-refractivity contribution in [2.45, 2.75) is 0 Å². The van der Waals surface area contributed by atoms with Gasteiger partial charge in [0.1, 0.15) is 13.2 Å². The van der Waals surface area contributed by atoms with Crippen LogP contribution in [0.3, 0.4) is 0 Å². The van der Waals surface area contributed by atoms with Crippen molar-refractivity contribution in [1.82, 2.24) is 9.97 Å². The fraction of sp³-hybridized carbons (Fsp3) is 0.125. The summed E-state index contributed by atoms with van der Waals surface area (Å²) in [6, 6.07) is 0. The molecule has 0 radical (unpaired) electrons.